The van der Waals surface area contributed by atoms with E-state index in [0.29, 0.717) is 11.3 Å². The van der Waals surface area contributed by atoms with Crippen molar-refractivity contribution >= 4 is 34.5 Å². The van der Waals surface area contributed by atoms with Gasteiger partial charge in [-0.05, 0) is 49.9 Å². The number of Topliss-reactive ketones (excluding diaryl/α,β-unsaturated/α-hetero) is 1. The monoisotopic (exact) mass is 395 g/mol. The number of carbonyl (C=O) groups is 2. The molecule has 0 spiro atoms. The molecule has 0 unspecified atom stereocenters. The molecule has 2 N–H and O–H groups in total. The van der Waals surface area contributed by atoms with Crippen molar-refractivity contribution in [3.8, 4) is 0 Å². The van der Waals surface area contributed by atoms with E-state index >= 15 is 0 Å². The zero-order valence-electron chi connectivity index (χ0n) is 16.4. The first-order valence-electron chi connectivity index (χ1n) is 9.39. The van der Waals surface area contributed by atoms with Crippen molar-refractivity contribution in [2.75, 3.05) is 5.75 Å². The number of hydrogen-bond acceptors (Lipinski definition) is 4. The topological polar surface area (TPSA) is 74.8 Å². The summed E-state index contributed by atoms with van der Waals surface area (Å²) in [6.07, 6.45) is 1.73. The molecule has 1 aromatic heterocycles. The predicted octanol–water partition coefficient (Wildman–Crippen LogP) is 4.30. The predicted molar refractivity (Wildman–Crippen MR) is 114 cm³/mol. The molecule has 0 radical (unpaired) electrons. The van der Waals surface area contributed by atoms with Crippen molar-refractivity contribution in [3.63, 3.8) is 0 Å². The van der Waals surface area contributed by atoms with Crippen molar-refractivity contribution in [2.45, 2.75) is 44.8 Å². The Kier molecular flexibility index (Phi) is 6.52. The number of thioether (sulfide) groups is 1. The van der Waals surface area contributed by atoms with Crippen LogP contribution in [0.2, 0.25) is 0 Å². The third kappa shape index (κ3) is 5.45. The van der Waals surface area contributed by atoms with Gasteiger partial charge in [0.25, 0.3) is 0 Å². The molecule has 0 saturated carbocycles. The lowest BCUT2D eigenvalue weighted by molar-refractivity contribution is -0.119. The summed E-state index contributed by atoms with van der Waals surface area (Å²) in [6, 6.07) is 13.9. The summed E-state index contributed by atoms with van der Waals surface area (Å²) in [6.45, 7) is 5.57. The number of aromatic nitrogens is 2. The number of carbonyl (C=O) groups excluding carboxylic acids is 2. The number of nitrogens with one attached hydrogen (secondary N) is 2. The SMILES string of the molecule is CC(=O)N[C@@H](C)CCc1ccc(C(=O)CSc2nc3ccc(C)cc3[nH]2)cc1. The quantitative estimate of drug-likeness (QED) is 0.440. The lowest BCUT2D eigenvalue weighted by Gasteiger charge is -2.12. The Balaban J connectivity index is 1.53. The van der Waals surface area contributed by atoms with Crippen LogP contribution in [0.4, 0.5) is 0 Å². The summed E-state index contributed by atoms with van der Waals surface area (Å²) < 4.78 is 0. The van der Waals surface area contributed by atoms with Gasteiger partial charge in [-0.1, -0.05) is 42.1 Å². The number of ketones is 1. The molecule has 3 rings (SSSR count). The van der Waals surface area contributed by atoms with Gasteiger partial charge in [-0.3, -0.25) is 9.59 Å². The average Bonchev–Trinajstić information content (AvgIpc) is 3.06. The van der Waals surface area contributed by atoms with E-state index in [9.17, 15) is 9.59 Å². The van der Waals surface area contributed by atoms with Gasteiger partial charge in [0.2, 0.25) is 5.91 Å². The van der Waals surface area contributed by atoms with Crippen LogP contribution in [0.1, 0.15) is 41.8 Å². The minimum absolute atomic E-state index is 0.00877. The zero-order chi connectivity index (χ0) is 20.1. The molecule has 1 atom stereocenters. The average molecular weight is 396 g/mol. The number of aryl methyl sites for hydroxylation is 2. The van der Waals surface area contributed by atoms with Crippen LogP contribution >= 0.6 is 11.8 Å². The molecule has 6 heteroatoms. The summed E-state index contributed by atoms with van der Waals surface area (Å²) in [5.41, 5.74) is 4.95. The minimum atomic E-state index is -0.00877. The number of aromatic amines is 1. The van der Waals surface area contributed by atoms with E-state index in [1.165, 1.54) is 24.2 Å². The molecular formula is C22H25N3O2S. The Morgan fingerprint density at radius 1 is 1.18 bits per heavy atom. The number of H-pyrrole nitrogens is 1. The van der Waals surface area contributed by atoms with Gasteiger partial charge in [0.15, 0.2) is 10.9 Å². The molecule has 2 aromatic carbocycles. The Morgan fingerprint density at radius 3 is 2.64 bits per heavy atom. The number of imidazole rings is 1. The lowest BCUT2D eigenvalue weighted by atomic mass is 10.0. The van der Waals surface area contributed by atoms with Gasteiger partial charge >= 0.3 is 0 Å². The van der Waals surface area contributed by atoms with E-state index in [4.69, 9.17) is 0 Å². The number of benzene rings is 2. The van der Waals surface area contributed by atoms with Crippen LogP contribution in [0.15, 0.2) is 47.6 Å². The van der Waals surface area contributed by atoms with E-state index in [2.05, 4.69) is 21.4 Å². The van der Waals surface area contributed by atoms with E-state index < -0.39 is 0 Å². The maximum atomic E-state index is 12.5. The van der Waals surface area contributed by atoms with Crippen molar-refractivity contribution < 1.29 is 9.59 Å². The van der Waals surface area contributed by atoms with Crippen molar-refractivity contribution in [1.82, 2.24) is 15.3 Å². The summed E-state index contributed by atoms with van der Waals surface area (Å²) in [5.74, 6) is 0.419. The second kappa shape index (κ2) is 9.06. The van der Waals surface area contributed by atoms with Crippen LogP contribution in [0.5, 0.6) is 0 Å². The van der Waals surface area contributed by atoms with Crippen molar-refractivity contribution in [3.05, 3.63) is 59.2 Å². The molecule has 0 fully saturated rings. The second-order valence-electron chi connectivity index (χ2n) is 7.11. The highest BCUT2D eigenvalue weighted by Gasteiger charge is 2.10. The van der Waals surface area contributed by atoms with Crippen LogP contribution in [0, 0.1) is 6.92 Å². The van der Waals surface area contributed by atoms with Crippen LogP contribution in [0.25, 0.3) is 11.0 Å². The molecule has 0 aliphatic heterocycles. The summed E-state index contributed by atoms with van der Waals surface area (Å²) in [7, 11) is 0. The highest BCUT2D eigenvalue weighted by atomic mass is 32.2. The van der Waals surface area contributed by atoms with E-state index in [1.807, 2.05) is 50.2 Å². The van der Waals surface area contributed by atoms with Gasteiger partial charge in [-0.25, -0.2) is 4.98 Å². The van der Waals surface area contributed by atoms with E-state index in [1.54, 1.807) is 0 Å². The first-order chi connectivity index (χ1) is 13.4. The largest absolute Gasteiger partial charge is 0.354 e. The van der Waals surface area contributed by atoms with E-state index in [0.717, 1.165) is 34.6 Å². The van der Waals surface area contributed by atoms with Crippen LogP contribution in [-0.2, 0) is 11.2 Å². The Bertz CT molecular complexity index is 979. The standard InChI is InChI=1S/C22H25N3O2S/c1-14-4-11-19-20(12-14)25-22(24-19)28-13-21(27)18-9-7-17(8-10-18)6-5-15(2)23-16(3)26/h4,7-12,15H,5-6,13H2,1-3H3,(H,23,26)(H,24,25)/t15-/m0/s1. The molecule has 5 nitrogen and oxygen atoms in total. The fourth-order valence-electron chi connectivity index (χ4n) is 3.05. The molecule has 1 heterocycles. The third-order valence-electron chi connectivity index (χ3n) is 4.55. The minimum Gasteiger partial charge on any atom is -0.354 e. The van der Waals surface area contributed by atoms with E-state index in [-0.39, 0.29) is 17.7 Å². The molecular weight excluding hydrogens is 370 g/mol. The lowest BCUT2D eigenvalue weighted by Crippen LogP contribution is -2.30. The van der Waals surface area contributed by atoms with Crippen molar-refractivity contribution in [1.29, 1.82) is 0 Å². The fourth-order valence-corrected chi connectivity index (χ4v) is 3.82. The van der Waals surface area contributed by atoms with Gasteiger partial charge in [-0.2, -0.15) is 0 Å². The van der Waals surface area contributed by atoms with Gasteiger partial charge in [0, 0.05) is 18.5 Å². The normalized spacial score (nSPS) is 12.1. The number of hydrogen-bond donors (Lipinski definition) is 2. The maximum Gasteiger partial charge on any atom is 0.217 e. The molecule has 0 aliphatic carbocycles. The Labute approximate surface area is 169 Å². The fraction of sp³-hybridized carbons (Fsp3) is 0.318. The smallest absolute Gasteiger partial charge is 0.217 e. The van der Waals surface area contributed by atoms with Crippen LogP contribution in [-0.4, -0.2) is 33.5 Å². The third-order valence-corrected chi connectivity index (χ3v) is 5.42. The van der Waals surface area contributed by atoms with Crippen molar-refractivity contribution in [2.24, 2.45) is 0 Å². The number of fused-ring (bicyclic) bond motifs is 1. The Morgan fingerprint density at radius 2 is 1.93 bits per heavy atom. The van der Waals surface area contributed by atoms with Gasteiger partial charge in [-0.15, -0.1) is 0 Å². The van der Waals surface area contributed by atoms with Crippen LogP contribution < -0.4 is 5.32 Å². The number of rotatable bonds is 8. The summed E-state index contributed by atoms with van der Waals surface area (Å²) >= 11 is 1.42. The first kappa shape index (κ1) is 20.1. The molecule has 1 amide bonds. The second-order valence-corrected chi connectivity index (χ2v) is 8.08. The molecule has 0 bridgehead atoms. The highest BCUT2D eigenvalue weighted by molar-refractivity contribution is 7.99. The molecule has 146 valence electrons. The molecule has 0 saturated heterocycles. The summed E-state index contributed by atoms with van der Waals surface area (Å²) in [5, 5.41) is 3.64. The Hall–Kier alpha value is -2.60. The maximum absolute atomic E-state index is 12.5. The number of amides is 1. The number of nitrogens with zero attached hydrogens (tertiary/aromatic N) is 1. The molecule has 0 aliphatic rings. The zero-order valence-corrected chi connectivity index (χ0v) is 17.2. The highest BCUT2D eigenvalue weighted by Crippen LogP contribution is 2.21. The molecule has 28 heavy (non-hydrogen) atoms. The van der Waals surface area contributed by atoms with Gasteiger partial charge < -0.3 is 10.3 Å². The first-order valence-corrected chi connectivity index (χ1v) is 10.4. The summed E-state index contributed by atoms with van der Waals surface area (Å²) in [4.78, 5) is 31.3. The van der Waals surface area contributed by atoms with Gasteiger partial charge in [0.05, 0.1) is 16.8 Å². The van der Waals surface area contributed by atoms with Gasteiger partial charge in [0.1, 0.15) is 0 Å². The molecule has 3 aromatic rings. The van der Waals surface area contributed by atoms with Crippen LogP contribution in [0.3, 0.4) is 0 Å².